The van der Waals surface area contributed by atoms with Gasteiger partial charge in [0.05, 0.1) is 0 Å². The number of hydrogen-bond donors (Lipinski definition) is 0. The Morgan fingerprint density at radius 1 is 1.04 bits per heavy atom. The van der Waals surface area contributed by atoms with E-state index in [0.717, 1.165) is 38.8 Å². The number of hydrogen-bond acceptors (Lipinski definition) is 4. The van der Waals surface area contributed by atoms with Crippen molar-refractivity contribution in [3.05, 3.63) is 23.8 Å². The molecule has 0 aliphatic carbocycles. The molecule has 6 nitrogen and oxygen atoms in total. The van der Waals surface area contributed by atoms with Gasteiger partial charge in [-0.1, -0.05) is 6.92 Å². The summed E-state index contributed by atoms with van der Waals surface area (Å²) in [5.74, 6) is 1.95. The SMILES string of the molecule is CC1CCN(C(=O)C2CCCN2C(=O)c2ccc3c(c2)OCO3)CC1. The topological polar surface area (TPSA) is 59.1 Å². The molecule has 134 valence electrons. The van der Waals surface area contributed by atoms with Gasteiger partial charge in [-0.05, 0) is 49.8 Å². The van der Waals surface area contributed by atoms with Crippen molar-refractivity contribution < 1.29 is 19.1 Å². The lowest BCUT2D eigenvalue weighted by Gasteiger charge is -2.34. The van der Waals surface area contributed by atoms with Crippen LogP contribution < -0.4 is 9.47 Å². The van der Waals surface area contributed by atoms with Crippen LogP contribution in [0.25, 0.3) is 0 Å². The van der Waals surface area contributed by atoms with Crippen molar-refractivity contribution in [2.45, 2.75) is 38.6 Å². The molecule has 3 heterocycles. The molecule has 2 fully saturated rings. The van der Waals surface area contributed by atoms with Gasteiger partial charge in [-0.3, -0.25) is 9.59 Å². The van der Waals surface area contributed by atoms with Crippen LogP contribution in [0.4, 0.5) is 0 Å². The first kappa shape index (κ1) is 16.2. The van der Waals surface area contributed by atoms with Crippen LogP contribution in [0, 0.1) is 5.92 Å². The third kappa shape index (κ3) is 3.05. The summed E-state index contributed by atoms with van der Waals surface area (Å²) in [6, 6.07) is 4.89. The highest BCUT2D eigenvalue weighted by atomic mass is 16.7. The first-order valence-corrected chi connectivity index (χ1v) is 9.13. The molecule has 0 spiro atoms. The number of fused-ring (bicyclic) bond motifs is 1. The molecule has 3 aliphatic rings. The van der Waals surface area contributed by atoms with Crippen LogP contribution >= 0.6 is 0 Å². The molecule has 0 saturated carbocycles. The molecule has 1 unspecified atom stereocenters. The summed E-state index contributed by atoms with van der Waals surface area (Å²) in [7, 11) is 0. The molecule has 2 saturated heterocycles. The van der Waals surface area contributed by atoms with Crippen LogP contribution in [0.3, 0.4) is 0 Å². The maximum absolute atomic E-state index is 13.0. The van der Waals surface area contributed by atoms with E-state index in [9.17, 15) is 9.59 Å². The van der Waals surface area contributed by atoms with Crippen molar-refractivity contribution in [2.75, 3.05) is 26.4 Å². The molecule has 2 amide bonds. The van der Waals surface area contributed by atoms with Gasteiger partial charge in [-0.25, -0.2) is 0 Å². The quantitative estimate of drug-likeness (QED) is 0.826. The van der Waals surface area contributed by atoms with Crippen LogP contribution in [-0.2, 0) is 4.79 Å². The maximum Gasteiger partial charge on any atom is 0.254 e. The molecule has 25 heavy (non-hydrogen) atoms. The monoisotopic (exact) mass is 344 g/mol. The third-order valence-corrected chi connectivity index (χ3v) is 5.51. The number of rotatable bonds is 2. The number of amides is 2. The molecule has 6 heteroatoms. The first-order valence-electron chi connectivity index (χ1n) is 9.13. The Kier molecular flexibility index (Phi) is 4.27. The summed E-state index contributed by atoms with van der Waals surface area (Å²) < 4.78 is 10.7. The number of carbonyl (C=O) groups is 2. The Balaban J connectivity index is 1.49. The van der Waals surface area contributed by atoms with E-state index >= 15 is 0 Å². The van der Waals surface area contributed by atoms with E-state index in [0.29, 0.717) is 29.5 Å². The van der Waals surface area contributed by atoms with Crippen LogP contribution in [0.1, 0.15) is 43.0 Å². The summed E-state index contributed by atoms with van der Waals surface area (Å²) in [5, 5.41) is 0. The minimum absolute atomic E-state index is 0.0977. The summed E-state index contributed by atoms with van der Waals surface area (Å²) in [5.41, 5.74) is 0.552. The van der Waals surface area contributed by atoms with Gasteiger partial charge in [-0.2, -0.15) is 0 Å². The molecule has 1 atom stereocenters. The van der Waals surface area contributed by atoms with Crippen LogP contribution in [0.15, 0.2) is 18.2 Å². The highest BCUT2D eigenvalue weighted by molar-refractivity contribution is 5.98. The second kappa shape index (κ2) is 6.58. The van der Waals surface area contributed by atoms with Crippen molar-refractivity contribution in [3.63, 3.8) is 0 Å². The Bertz CT molecular complexity index is 682. The van der Waals surface area contributed by atoms with Gasteiger partial charge in [0.25, 0.3) is 5.91 Å². The smallest absolute Gasteiger partial charge is 0.254 e. The Morgan fingerprint density at radius 3 is 2.60 bits per heavy atom. The second-order valence-electron chi connectivity index (χ2n) is 7.23. The highest BCUT2D eigenvalue weighted by Crippen LogP contribution is 2.33. The van der Waals surface area contributed by atoms with Gasteiger partial charge >= 0.3 is 0 Å². The number of carbonyl (C=O) groups excluding carboxylic acids is 2. The standard InChI is InChI=1S/C19H24N2O4/c1-13-6-9-20(10-7-13)19(23)15-3-2-8-21(15)18(22)14-4-5-16-17(11-14)25-12-24-16/h4-5,11,13,15H,2-3,6-10,12H2,1H3. The molecule has 4 rings (SSSR count). The van der Waals surface area contributed by atoms with Gasteiger partial charge in [0.2, 0.25) is 12.7 Å². The Morgan fingerprint density at radius 2 is 1.80 bits per heavy atom. The first-order chi connectivity index (χ1) is 12.1. The number of nitrogens with zero attached hydrogens (tertiary/aromatic N) is 2. The molecular weight excluding hydrogens is 320 g/mol. The molecule has 0 aromatic heterocycles. The molecule has 0 radical (unpaired) electrons. The van der Waals surface area contributed by atoms with Crippen LogP contribution in [-0.4, -0.2) is 54.1 Å². The summed E-state index contributed by atoms with van der Waals surface area (Å²) in [6.45, 7) is 4.66. The van der Waals surface area contributed by atoms with E-state index in [1.54, 1.807) is 23.1 Å². The number of benzene rings is 1. The number of piperidine rings is 1. The van der Waals surface area contributed by atoms with E-state index < -0.39 is 0 Å². The summed E-state index contributed by atoms with van der Waals surface area (Å²) in [6.07, 6.45) is 3.72. The van der Waals surface area contributed by atoms with Gasteiger partial charge in [0, 0.05) is 25.2 Å². The molecule has 0 N–H and O–H groups in total. The second-order valence-corrected chi connectivity index (χ2v) is 7.23. The van der Waals surface area contributed by atoms with Gasteiger partial charge < -0.3 is 19.3 Å². The fourth-order valence-corrected chi connectivity index (χ4v) is 3.90. The van der Waals surface area contributed by atoms with Gasteiger partial charge in [0.1, 0.15) is 6.04 Å². The third-order valence-electron chi connectivity index (χ3n) is 5.51. The lowest BCUT2D eigenvalue weighted by molar-refractivity contribution is -0.136. The minimum atomic E-state index is -0.327. The van der Waals surface area contributed by atoms with E-state index in [2.05, 4.69) is 6.92 Å². The summed E-state index contributed by atoms with van der Waals surface area (Å²) in [4.78, 5) is 29.6. The molecule has 3 aliphatic heterocycles. The summed E-state index contributed by atoms with van der Waals surface area (Å²) >= 11 is 0. The van der Waals surface area contributed by atoms with E-state index in [4.69, 9.17) is 9.47 Å². The van der Waals surface area contributed by atoms with Crippen molar-refractivity contribution in [3.8, 4) is 11.5 Å². The fourth-order valence-electron chi connectivity index (χ4n) is 3.90. The Labute approximate surface area is 147 Å². The normalized spacial score (nSPS) is 23.2. The van der Waals surface area contributed by atoms with Crippen molar-refractivity contribution in [1.29, 1.82) is 0 Å². The minimum Gasteiger partial charge on any atom is -0.454 e. The average molecular weight is 344 g/mol. The zero-order chi connectivity index (χ0) is 17.4. The van der Waals surface area contributed by atoms with E-state index in [-0.39, 0.29) is 24.6 Å². The predicted octanol–water partition coefficient (Wildman–Crippen LogP) is 2.28. The zero-order valence-corrected chi connectivity index (χ0v) is 14.6. The van der Waals surface area contributed by atoms with E-state index in [1.165, 1.54) is 0 Å². The van der Waals surface area contributed by atoms with Gasteiger partial charge in [0.15, 0.2) is 11.5 Å². The lowest BCUT2D eigenvalue weighted by Crippen LogP contribution is -2.49. The highest BCUT2D eigenvalue weighted by Gasteiger charge is 2.37. The van der Waals surface area contributed by atoms with Gasteiger partial charge in [-0.15, -0.1) is 0 Å². The van der Waals surface area contributed by atoms with Crippen molar-refractivity contribution in [1.82, 2.24) is 9.80 Å². The predicted molar refractivity (Wildman–Crippen MR) is 91.6 cm³/mol. The number of ether oxygens (including phenoxy) is 2. The largest absolute Gasteiger partial charge is 0.454 e. The molecule has 1 aromatic carbocycles. The van der Waals surface area contributed by atoms with Crippen molar-refractivity contribution >= 4 is 11.8 Å². The fraction of sp³-hybridized carbons (Fsp3) is 0.579. The van der Waals surface area contributed by atoms with Crippen molar-refractivity contribution in [2.24, 2.45) is 5.92 Å². The molecule has 0 bridgehead atoms. The maximum atomic E-state index is 13.0. The molecular formula is C19H24N2O4. The van der Waals surface area contributed by atoms with E-state index in [1.807, 2.05) is 4.90 Å². The molecule has 1 aromatic rings. The number of likely N-dealkylation sites (tertiary alicyclic amines) is 2. The van der Waals surface area contributed by atoms with Crippen LogP contribution in [0.2, 0.25) is 0 Å². The van der Waals surface area contributed by atoms with Crippen LogP contribution in [0.5, 0.6) is 11.5 Å². The lowest BCUT2D eigenvalue weighted by atomic mass is 9.98. The average Bonchev–Trinajstić information content (AvgIpc) is 3.29. The zero-order valence-electron chi connectivity index (χ0n) is 14.6. The Hall–Kier alpha value is -2.24.